The molecule has 5 heteroatoms. The maximum Gasteiger partial charge on any atom is 0.0967 e. The Morgan fingerprint density at radius 1 is 1.42 bits per heavy atom. The van der Waals surface area contributed by atoms with Gasteiger partial charge in [0, 0.05) is 38.9 Å². The lowest BCUT2D eigenvalue weighted by molar-refractivity contribution is 0.127. The first kappa shape index (κ1) is 14.5. The molecule has 19 heavy (non-hydrogen) atoms. The third-order valence-electron chi connectivity index (χ3n) is 4.03. The third-order valence-corrected chi connectivity index (χ3v) is 4.03. The van der Waals surface area contributed by atoms with Gasteiger partial charge in [0.2, 0.25) is 0 Å². The average Bonchev–Trinajstić information content (AvgIpc) is 2.82. The van der Waals surface area contributed by atoms with Crippen LogP contribution in [-0.4, -0.2) is 45.6 Å². The SMILES string of the molecule is CCCNC1CCN(Cc2cn(C)nn2)CC1CC. The molecule has 2 rings (SSSR count). The first-order valence-corrected chi connectivity index (χ1v) is 7.53. The number of hydrogen-bond acceptors (Lipinski definition) is 4. The fourth-order valence-corrected chi connectivity index (χ4v) is 2.96. The van der Waals surface area contributed by atoms with E-state index in [-0.39, 0.29) is 0 Å². The normalized spacial score (nSPS) is 24.8. The molecule has 0 bridgehead atoms. The van der Waals surface area contributed by atoms with Crippen LogP contribution in [0.2, 0.25) is 0 Å². The molecule has 1 aliphatic heterocycles. The van der Waals surface area contributed by atoms with Gasteiger partial charge in [0.1, 0.15) is 0 Å². The summed E-state index contributed by atoms with van der Waals surface area (Å²) in [6.07, 6.45) is 5.73. The van der Waals surface area contributed by atoms with Crippen LogP contribution < -0.4 is 5.32 Å². The summed E-state index contributed by atoms with van der Waals surface area (Å²) < 4.78 is 1.78. The fraction of sp³-hybridized carbons (Fsp3) is 0.857. The van der Waals surface area contributed by atoms with E-state index < -0.39 is 0 Å². The molecule has 5 nitrogen and oxygen atoms in total. The van der Waals surface area contributed by atoms with Crippen molar-refractivity contribution < 1.29 is 0 Å². The van der Waals surface area contributed by atoms with Gasteiger partial charge in [-0.15, -0.1) is 5.10 Å². The predicted molar refractivity (Wildman–Crippen MR) is 76.8 cm³/mol. The summed E-state index contributed by atoms with van der Waals surface area (Å²) in [4.78, 5) is 2.52. The van der Waals surface area contributed by atoms with Crippen molar-refractivity contribution in [3.63, 3.8) is 0 Å². The molecule has 0 aliphatic carbocycles. The Morgan fingerprint density at radius 3 is 2.89 bits per heavy atom. The molecule has 0 radical (unpaired) electrons. The minimum absolute atomic E-state index is 0.697. The van der Waals surface area contributed by atoms with Gasteiger partial charge in [-0.3, -0.25) is 9.58 Å². The van der Waals surface area contributed by atoms with Gasteiger partial charge in [-0.25, -0.2) is 0 Å². The summed E-state index contributed by atoms with van der Waals surface area (Å²) in [5.74, 6) is 0.761. The number of nitrogens with zero attached hydrogens (tertiary/aromatic N) is 4. The number of aromatic nitrogens is 3. The Hall–Kier alpha value is -0.940. The number of nitrogens with one attached hydrogen (secondary N) is 1. The van der Waals surface area contributed by atoms with Crippen molar-refractivity contribution in [3.05, 3.63) is 11.9 Å². The van der Waals surface area contributed by atoms with Crippen LogP contribution in [0.1, 0.15) is 38.8 Å². The first-order chi connectivity index (χ1) is 9.22. The third kappa shape index (κ3) is 4.01. The molecule has 0 amide bonds. The summed E-state index contributed by atoms with van der Waals surface area (Å²) in [5, 5.41) is 11.9. The van der Waals surface area contributed by atoms with Crippen molar-refractivity contribution in [2.75, 3.05) is 19.6 Å². The molecule has 1 aromatic heterocycles. The molecule has 1 N–H and O–H groups in total. The van der Waals surface area contributed by atoms with Crippen molar-refractivity contribution in [2.24, 2.45) is 13.0 Å². The van der Waals surface area contributed by atoms with E-state index in [1.54, 1.807) is 4.68 Å². The van der Waals surface area contributed by atoms with E-state index in [0.29, 0.717) is 6.04 Å². The molecule has 0 spiro atoms. The van der Waals surface area contributed by atoms with Crippen molar-refractivity contribution in [1.82, 2.24) is 25.2 Å². The number of rotatable bonds is 6. The molecule has 0 aromatic carbocycles. The van der Waals surface area contributed by atoms with Crippen LogP contribution >= 0.6 is 0 Å². The zero-order valence-corrected chi connectivity index (χ0v) is 12.5. The van der Waals surface area contributed by atoms with Gasteiger partial charge in [-0.1, -0.05) is 25.5 Å². The zero-order valence-electron chi connectivity index (χ0n) is 12.5. The standard InChI is InChI=1S/C14H27N5/c1-4-7-15-14-6-8-19(9-12(14)5-2)11-13-10-18(3)17-16-13/h10,12,14-15H,4-9,11H2,1-3H3. The molecule has 2 heterocycles. The van der Waals surface area contributed by atoms with Crippen LogP contribution in [0.4, 0.5) is 0 Å². The molecule has 2 atom stereocenters. The van der Waals surface area contributed by atoms with E-state index in [0.717, 1.165) is 31.2 Å². The van der Waals surface area contributed by atoms with Crippen LogP contribution in [0.25, 0.3) is 0 Å². The lowest BCUT2D eigenvalue weighted by Crippen LogP contribution is -2.49. The van der Waals surface area contributed by atoms with Gasteiger partial charge in [0.15, 0.2) is 0 Å². The maximum atomic E-state index is 4.19. The smallest absolute Gasteiger partial charge is 0.0967 e. The molecular weight excluding hydrogens is 238 g/mol. The molecule has 108 valence electrons. The highest BCUT2D eigenvalue weighted by Gasteiger charge is 2.27. The summed E-state index contributed by atoms with van der Waals surface area (Å²) in [6, 6.07) is 0.697. The average molecular weight is 265 g/mol. The molecular formula is C14H27N5. The Labute approximate surface area is 116 Å². The fourth-order valence-electron chi connectivity index (χ4n) is 2.96. The highest BCUT2D eigenvalue weighted by Crippen LogP contribution is 2.21. The maximum absolute atomic E-state index is 4.19. The Bertz CT molecular complexity index is 376. The van der Waals surface area contributed by atoms with Crippen molar-refractivity contribution >= 4 is 0 Å². The monoisotopic (exact) mass is 265 g/mol. The van der Waals surface area contributed by atoms with Crippen molar-refractivity contribution in [1.29, 1.82) is 0 Å². The molecule has 0 saturated carbocycles. The van der Waals surface area contributed by atoms with Crippen LogP contribution in [-0.2, 0) is 13.6 Å². The van der Waals surface area contributed by atoms with E-state index in [1.165, 1.54) is 25.8 Å². The molecule has 1 saturated heterocycles. The highest BCUT2D eigenvalue weighted by molar-refractivity contribution is 4.94. The minimum atomic E-state index is 0.697. The minimum Gasteiger partial charge on any atom is -0.314 e. The Kier molecular flexibility index (Phi) is 5.34. The highest BCUT2D eigenvalue weighted by atomic mass is 15.4. The lowest BCUT2D eigenvalue weighted by Gasteiger charge is -2.38. The number of aryl methyl sites for hydroxylation is 1. The largest absolute Gasteiger partial charge is 0.314 e. The summed E-state index contributed by atoms with van der Waals surface area (Å²) >= 11 is 0. The van der Waals surface area contributed by atoms with E-state index in [1.807, 2.05) is 13.2 Å². The van der Waals surface area contributed by atoms with Gasteiger partial charge in [0.25, 0.3) is 0 Å². The lowest BCUT2D eigenvalue weighted by atomic mass is 9.89. The Morgan fingerprint density at radius 2 is 2.26 bits per heavy atom. The van der Waals surface area contributed by atoms with Gasteiger partial charge in [-0.05, 0) is 25.3 Å². The second kappa shape index (κ2) is 7.01. The van der Waals surface area contributed by atoms with Gasteiger partial charge < -0.3 is 5.32 Å². The molecule has 1 fully saturated rings. The van der Waals surface area contributed by atoms with Crippen LogP contribution in [0.3, 0.4) is 0 Å². The molecule has 1 aliphatic rings. The predicted octanol–water partition coefficient (Wildman–Crippen LogP) is 1.42. The van der Waals surface area contributed by atoms with Gasteiger partial charge in [0.05, 0.1) is 5.69 Å². The summed E-state index contributed by atoms with van der Waals surface area (Å²) in [5.41, 5.74) is 1.08. The first-order valence-electron chi connectivity index (χ1n) is 7.53. The van der Waals surface area contributed by atoms with Crippen molar-refractivity contribution in [3.8, 4) is 0 Å². The van der Waals surface area contributed by atoms with E-state index in [9.17, 15) is 0 Å². The van der Waals surface area contributed by atoms with Crippen LogP contribution in [0, 0.1) is 5.92 Å². The molecule has 2 unspecified atom stereocenters. The summed E-state index contributed by atoms with van der Waals surface area (Å²) in [6.45, 7) is 8.95. The zero-order chi connectivity index (χ0) is 13.7. The van der Waals surface area contributed by atoms with E-state index in [4.69, 9.17) is 0 Å². The van der Waals surface area contributed by atoms with Crippen LogP contribution in [0.15, 0.2) is 6.20 Å². The van der Waals surface area contributed by atoms with E-state index >= 15 is 0 Å². The Balaban J connectivity index is 1.85. The van der Waals surface area contributed by atoms with Gasteiger partial charge in [-0.2, -0.15) is 0 Å². The summed E-state index contributed by atoms with van der Waals surface area (Å²) in [7, 11) is 1.92. The second-order valence-corrected chi connectivity index (χ2v) is 5.64. The topological polar surface area (TPSA) is 46.0 Å². The van der Waals surface area contributed by atoms with Crippen molar-refractivity contribution in [2.45, 2.75) is 45.7 Å². The second-order valence-electron chi connectivity index (χ2n) is 5.64. The quantitative estimate of drug-likeness (QED) is 0.845. The van der Waals surface area contributed by atoms with E-state index in [2.05, 4.69) is 34.4 Å². The molecule has 1 aromatic rings. The number of likely N-dealkylation sites (tertiary alicyclic amines) is 1. The number of hydrogen-bond donors (Lipinski definition) is 1. The van der Waals surface area contributed by atoms with Crippen LogP contribution in [0.5, 0.6) is 0 Å². The number of piperidine rings is 1. The van der Waals surface area contributed by atoms with Gasteiger partial charge >= 0.3 is 0 Å².